The number of carbonyl (C=O) groups excluding carboxylic acids is 1. The highest BCUT2D eigenvalue weighted by Gasteiger charge is 2.23. The molecule has 0 spiro atoms. The fraction of sp³-hybridized carbons (Fsp3) is 0.866. The first-order chi connectivity index (χ1) is 37.0. The quantitative estimate of drug-likeness (QED) is 0.0272. The monoisotopic (exact) mass is 1090 g/mol. The van der Waals surface area contributed by atoms with E-state index in [1.165, 1.54) is 257 Å². The summed E-state index contributed by atoms with van der Waals surface area (Å²) >= 11 is 0. The first-order valence-corrected chi connectivity index (χ1v) is 34.5. The van der Waals surface area contributed by atoms with Crippen LogP contribution in [-0.4, -0.2) is 68.5 Å². The van der Waals surface area contributed by atoms with Crippen LogP contribution in [0.3, 0.4) is 0 Å². The molecular weight excluding hydrogens is 960 g/mol. The van der Waals surface area contributed by atoms with E-state index in [0.717, 1.165) is 44.9 Å². The summed E-state index contributed by atoms with van der Waals surface area (Å²) in [7, 11) is 1.24. The number of likely N-dealkylation sites (N-methyl/N-ethyl adjacent to an activating group) is 1. The predicted molar refractivity (Wildman–Crippen MR) is 330 cm³/mol. The van der Waals surface area contributed by atoms with E-state index in [1.54, 1.807) is 6.08 Å². The minimum Gasteiger partial charge on any atom is -0.756 e. The van der Waals surface area contributed by atoms with Crippen LogP contribution in [0.15, 0.2) is 48.6 Å². The molecule has 0 aromatic rings. The molecule has 0 aliphatic rings. The number of aliphatic hydroxyl groups is 1. The molecule has 2 N–H and O–H groups in total. The van der Waals surface area contributed by atoms with Gasteiger partial charge in [-0.25, -0.2) is 0 Å². The summed E-state index contributed by atoms with van der Waals surface area (Å²) in [5.74, 6) is -0.208. The molecular formula is C67H129N2O6P. The molecule has 0 heterocycles. The van der Waals surface area contributed by atoms with Crippen LogP contribution in [-0.2, 0) is 18.4 Å². The first kappa shape index (κ1) is 74.5. The van der Waals surface area contributed by atoms with Gasteiger partial charge < -0.3 is 28.8 Å². The predicted octanol–water partition coefficient (Wildman–Crippen LogP) is 20.0. The number of hydrogen-bond donors (Lipinski definition) is 2. The average molecular weight is 1090 g/mol. The molecule has 0 rings (SSSR count). The fourth-order valence-corrected chi connectivity index (χ4v) is 10.6. The van der Waals surface area contributed by atoms with Gasteiger partial charge in [-0.15, -0.1) is 0 Å². The Labute approximate surface area is 473 Å². The average Bonchev–Trinajstić information content (AvgIpc) is 3.38. The molecule has 0 aromatic heterocycles. The maximum atomic E-state index is 13.0. The number of carbonyl (C=O) groups is 1. The minimum atomic E-state index is -4.61. The Morgan fingerprint density at radius 1 is 0.447 bits per heavy atom. The van der Waals surface area contributed by atoms with Crippen molar-refractivity contribution in [2.24, 2.45) is 0 Å². The molecule has 8 nitrogen and oxygen atoms in total. The van der Waals surface area contributed by atoms with Gasteiger partial charge in [-0.3, -0.25) is 9.36 Å². The lowest BCUT2D eigenvalue weighted by molar-refractivity contribution is -0.870. The summed E-state index contributed by atoms with van der Waals surface area (Å²) in [6.45, 7) is 4.66. The second-order valence-electron chi connectivity index (χ2n) is 23.8. The molecule has 76 heavy (non-hydrogen) atoms. The number of phosphoric acid groups is 1. The summed E-state index contributed by atoms with van der Waals surface area (Å²) in [6.07, 6.45) is 78.0. The molecule has 0 aliphatic carbocycles. The zero-order valence-corrected chi connectivity index (χ0v) is 52.1. The number of quaternary nitrogens is 1. The molecule has 0 fully saturated rings. The van der Waals surface area contributed by atoms with E-state index in [4.69, 9.17) is 9.05 Å². The van der Waals surface area contributed by atoms with Crippen molar-refractivity contribution >= 4 is 13.7 Å². The highest BCUT2D eigenvalue weighted by atomic mass is 31.2. The topological polar surface area (TPSA) is 108 Å². The van der Waals surface area contributed by atoms with E-state index in [2.05, 4.69) is 55.6 Å². The largest absolute Gasteiger partial charge is 0.756 e. The lowest BCUT2D eigenvalue weighted by atomic mass is 10.0. The van der Waals surface area contributed by atoms with Gasteiger partial charge in [0, 0.05) is 6.42 Å². The third kappa shape index (κ3) is 60.1. The number of amides is 1. The number of rotatable bonds is 61. The van der Waals surface area contributed by atoms with Crippen molar-refractivity contribution in [1.82, 2.24) is 5.32 Å². The minimum absolute atomic E-state index is 0.00881. The van der Waals surface area contributed by atoms with Gasteiger partial charge in [-0.2, -0.15) is 0 Å². The summed E-state index contributed by atoms with van der Waals surface area (Å²) in [6, 6.07) is -0.912. The fourth-order valence-electron chi connectivity index (χ4n) is 9.83. The van der Waals surface area contributed by atoms with Gasteiger partial charge in [-0.1, -0.05) is 294 Å². The second kappa shape index (κ2) is 58.1. The Kier molecular flexibility index (Phi) is 56.9. The molecule has 448 valence electrons. The number of unbranched alkanes of at least 4 members (excludes halogenated alkanes) is 42. The van der Waals surface area contributed by atoms with Crippen LogP contribution >= 0.6 is 7.82 Å². The van der Waals surface area contributed by atoms with Crippen molar-refractivity contribution < 1.29 is 32.9 Å². The Bertz CT molecular complexity index is 1380. The number of hydrogen-bond acceptors (Lipinski definition) is 6. The maximum Gasteiger partial charge on any atom is 0.268 e. The van der Waals surface area contributed by atoms with Gasteiger partial charge in [0.2, 0.25) is 5.91 Å². The molecule has 9 heteroatoms. The Morgan fingerprint density at radius 3 is 1.07 bits per heavy atom. The van der Waals surface area contributed by atoms with E-state index >= 15 is 0 Å². The van der Waals surface area contributed by atoms with Crippen molar-refractivity contribution in [2.75, 3.05) is 40.9 Å². The van der Waals surface area contributed by atoms with Crippen molar-refractivity contribution in [3.63, 3.8) is 0 Å². The van der Waals surface area contributed by atoms with Crippen molar-refractivity contribution in [1.29, 1.82) is 0 Å². The van der Waals surface area contributed by atoms with E-state index in [0.29, 0.717) is 17.4 Å². The second-order valence-corrected chi connectivity index (χ2v) is 25.2. The van der Waals surface area contributed by atoms with E-state index in [-0.39, 0.29) is 12.5 Å². The summed E-state index contributed by atoms with van der Waals surface area (Å²) in [5.41, 5.74) is 0. The third-order valence-corrected chi connectivity index (χ3v) is 16.0. The van der Waals surface area contributed by atoms with Crippen LogP contribution in [0.2, 0.25) is 0 Å². The van der Waals surface area contributed by atoms with E-state index < -0.39 is 26.6 Å². The summed E-state index contributed by atoms with van der Waals surface area (Å²) < 4.78 is 23.4. The molecule has 3 atom stereocenters. The Balaban J connectivity index is 4.17. The SMILES string of the molecule is CCCCCCCCCC/C=C\CCCCCCCCCCCCCCCC(=O)NC(COP(=O)([O-])OCC[N+](C)(C)C)C(O)/C=C/CC/C=C/CC/C=C/CCCCCCCCCCCCCCCCCCCCC. The normalized spacial score (nSPS) is 14.0. The van der Waals surface area contributed by atoms with Crippen molar-refractivity contribution in [3.05, 3.63) is 48.6 Å². The number of nitrogens with zero attached hydrogens (tertiary/aromatic N) is 1. The molecule has 3 unspecified atom stereocenters. The van der Waals surface area contributed by atoms with Gasteiger partial charge in [0.05, 0.1) is 39.9 Å². The van der Waals surface area contributed by atoms with Gasteiger partial charge in [-0.05, 0) is 70.6 Å². The lowest BCUT2D eigenvalue weighted by Gasteiger charge is -2.29. The molecule has 0 saturated heterocycles. The van der Waals surface area contributed by atoms with Crippen LogP contribution in [0.1, 0.15) is 322 Å². The molecule has 0 radical (unpaired) electrons. The smallest absolute Gasteiger partial charge is 0.268 e. The van der Waals surface area contributed by atoms with Crippen molar-refractivity contribution in [2.45, 2.75) is 334 Å². The lowest BCUT2D eigenvalue weighted by Crippen LogP contribution is -2.45. The Hall–Kier alpha value is -1.54. The zero-order valence-electron chi connectivity index (χ0n) is 51.2. The number of aliphatic hydroxyl groups excluding tert-OH is 1. The van der Waals surface area contributed by atoms with Gasteiger partial charge in [0.15, 0.2) is 0 Å². The first-order valence-electron chi connectivity index (χ1n) is 33.0. The Morgan fingerprint density at radius 2 is 0.737 bits per heavy atom. The summed E-state index contributed by atoms with van der Waals surface area (Å²) in [4.78, 5) is 25.6. The molecule has 1 amide bonds. The highest BCUT2D eigenvalue weighted by molar-refractivity contribution is 7.45. The van der Waals surface area contributed by atoms with Crippen molar-refractivity contribution in [3.8, 4) is 0 Å². The maximum absolute atomic E-state index is 13.0. The van der Waals surface area contributed by atoms with Gasteiger partial charge in [0.25, 0.3) is 7.82 Å². The van der Waals surface area contributed by atoms with Crippen LogP contribution < -0.4 is 10.2 Å². The number of nitrogens with one attached hydrogen (secondary N) is 1. The van der Waals surface area contributed by atoms with E-state index in [9.17, 15) is 19.4 Å². The van der Waals surface area contributed by atoms with Crippen LogP contribution in [0.5, 0.6) is 0 Å². The van der Waals surface area contributed by atoms with Crippen LogP contribution in [0.25, 0.3) is 0 Å². The van der Waals surface area contributed by atoms with Crippen LogP contribution in [0, 0.1) is 0 Å². The van der Waals surface area contributed by atoms with Gasteiger partial charge in [0.1, 0.15) is 13.2 Å². The molecule has 0 saturated carbocycles. The molecule has 0 bridgehead atoms. The number of allylic oxidation sites excluding steroid dienone is 7. The van der Waals surface area contributed by atoms with Gasteiger partial charge >= 0.3 is 0 Å². The zero-order chi connectivity index (χ0) is 55.6. The number of phosphoric ester groups is 1. The van der Waals surface area contributed by atoms with E-state index in [1.807, 2.05) is 27.2 Å². The third-order valence-electron chi connectivity index (χ3n) is 15.0. The summed E-state index contributed by atoms with van der Waals surface area (Å²) in [5, 5.41) is 13.9. The van der Waals surface area contributed by atoms with Crippen LogP contribution in [0.4, 0.5) is 0 Å². The standard InChI is InChI=1S/C67H129N2O6P/c1-6-8-10-12-14-16-18-20-22-24-26-28-30-32-33-34-35-37-38-40-42-44-46-48-50-52-54-56-58-60-66(70)65(64-75-76(72,73)74-63-62-69(3,4)5)68-67(71)61-59-57-55-53-51-49-47-45-43-41-39-36-31-29-27-25-23-21-19-17-15-13-11-9-7-2/h25,27,42,44,50,52,58,60,65-66,70H,6-24,26,28-41,43,45-49,51,53-57,59,61-64H2,1-5H3,(H-,68,71,72,73)/b27-25-,44-42+,52-50+,60-58+. The molecule has 0 aromatic carbocycles. The highest BCUT2D eigenvalue weighted by Crippen LogP contribution is 2.38. The molecule has 0 aliphatic heterocycles.